The van der Waals surface area contributed by atoms with Crippen LogP contribution in [0.25, 0.3) is 22.5 Å². The Kier molecular flexibility index (Phi) is 2.48. The average Bonchev–Trinajstić information content (AvgIpc) is 2.78. The Morgan fingerprint density at radius 2 is 1.78 bits per heavy atom. The van der Waals surface area contributed by atoms with Gasteiger partial charge in [0.25, 0.3) is 0 Å². The number of oxazole rings is 1. The van der Waals surface area contributed by atoms with E-state index in [0.29, 0.717) is 17.1 Å². The Hall–Kier alpha value is -2.36. The van der Waals surface area contributed by atoms with Crippen LogP contribution in [0.3, 0.4) is 0 Å². The lowest BCUT2D eigenvalue weighted by molar-refractivity contribution is 0.415. The highest BCUT2D eigenvalue weighted by Gasteiger charge is 2.06. The van der Waals surface area contributed by atoms with Gasteiger partial charge in [-0.1, -0.05) is 0 Å². The molecular weight excluding hydrogens is 228 g/mol. The van der Waals surface area contributed by atoms with Gasteiger partial charge in [-0.15, -0.1) is 0 Å². The Labute approximate surface area is 104 Å². The summed E-state index contributed by atoms with van der Waals surface area (Å²) in [6.07, 6.45) is 0. The molecule has 0 amide bonds. The van der Waals surface area contributed by atoms with Crippen LogP contribution in [0.5, 0.6) is 5.75 Å². The first-order chi connectivity index (χ1) is 8.76. The van der Waals surface area contributed by atoms with E-state index in [4.69, 9.17) is 9.15 Å². The van der Waals surface area contributed by atoms with Crippen molar-refractivity contribution in [2.45, 2.75) is 6.92 Å². The van der Waals surface area contributed by atoms with E-state index in [9.17, 15) is 0 Å². The molecule has 3 aromatic rings. The third-order valence-electron chi connectivity index (χ3n) is 2.75. The second-order valence-electron chi connectivity index (χ2n) is 3.98. The first-order valence-corrected chi connectivity index (χ1v) is 5.65. The third-order valence-corrected chi connectivity index (χ3v) is 2.75. The van der Waals surface area contributed by atoms with Gasteiger partial charge in [0, 0.05) is 12.5 Å². The molecule has 0 fully saturated rings. The monoisotopic (exact) mass is 240 g/mol. The van der Waals surface area contributed by atoms with Crippen LogP contribution in [0.4, 0.5) is 0 Å². The molecular formula is C14H12N2O2. The average molecular weight is 240 g/mol. The van der Waals surface area contributed by atoms with Gasteiger partial charge in [-0.2, -0.15) is 4.98 Å². The van der Waals surface area contributed by atoms with Gasteiger partial charge < -0.3 is 9.15 Å². The molecule has 90 valence electrons. The highest BCUT2D eigenvalue weighted by molar-refractivity contribution is 5.73. The molecule has 2 aromatic heterocycles. The molecule has 2 heterocycles. The van der Waals surface area contributed by atoms with E-state index in [1.54, 1.807) is 7.11 Å². The number of pyridine rings is 1. The highest BCUT2D eigenvalue weighted by Crippen LogP contribution is 2.23. The van der Waals surface area contributed by atoms with Gasteiger partial charge in [0.2, 0.25) is 0 Å². The number of ether oxygens (including phenoxy) is 1. The van der Waals surface area contributed by atoms with Gasteiger partial charge in [-0.25, -0.2) is 4.98 Å². The topological polar surface area (TPSA) is 48.2 Å². The molecule has 1 aromatic carbocycles. The van der Waals surface area contributed by atoms with Crippen molar-refractivity contribution in [3.63, 3.8) is 0 Å². The van der Waals surface area contributed by atoms with Gasteiger partial charge >= 0.3 is 0 Å². The maximum atomic E-state index is 5.40. The van der Waals surface area contributed by atoms with Gasteiger partial charge in [0.05, 0.1) is 12.8 Å². The minimum absolute atomic E-state index is 0.629. The summed E-state index contributed by atoms with van der Waals surface area (Å²) < 4.78 is 10.5. The van der Waals surface area contributed by atoms with Crippen molar-refractivity contribution in [2.75, 3.05) is 7.11 Å². The van der Waals surface area contributed by atoms with Crippen molar-refractivity contribution in [3.05, 3.63) is 42.3 Å². The molecule has 0 unspecified atom stereocenters. The van der Waals surface area contributed by atoms with Crippen molar-refractivity contribution in [1.82, 2.24) is 9.97 Å². The lowest BCUT2D eigenvalue weighted by Crippen LogP contribution is -1.86. The fourth-order valence-corrected chi connectivity index (χ4v) is 1.85. The highest BCUT2D eigenvalue weighted by atomic mass is 16.5. The molecule has 18 heavy (non-hydrogen) atoms. The lowest BCUT2D eigenvalue weighted by atomic mass is 10.1. The first kappa shape index (κ1) is 10.8. The zero-order valence-corrected chi connectivity index (χ0v) is 10.2. The Morgan fingerprint density at radius 1 is 1.00 bits per heavy atom. The lowest BCUT2D eigenvalue weighted by Gasteiger charge is -2.02. The van der Waals surface area contributed by atoms with E-state index in [1.165, 1.54) is 0 Å². The molecule has 0 atom stereocenters. The third kappa shape index (κ3) is 1.82. The number of fused-ring (bicyclic) bond motifs is 1. The normalized spacial score (nSPS) is 10.8. The largest absolute Gasteiger partial charge is 0.497 e. The Morgan fingerprint density at radius 3 is 2.50 bits per heavy atom. The van der Waals surface area contributed by atoms with Gasteiger partial charge in [0.1, 0.15) is 5.75 Å². The van der Waals surface area contributed by atoms with E-state index >= 15 is 0 Å². The number of rotatable bonds is 2. The van der Waals surface area contributed by atoms with Crippen LogP contribution in [-0.4, -0.2) is 17.1 Å². The van der Waals surface area contributed by atoms with E-state index in [2.05, 4.69) is 9.97 Å². The van der Waals surface area contributed by atoms with E-state index in [1.807, 2.05) is 43.3 Å². The molecule has 0 radical (unpaired) electrons. The van der Waals surface area contributed by atoms with E-state index in [0.717, 1.165) is 17.0 Å². The van der Waals surface area contributed by atoms with Crippen LogP contribution in [-0.2, 0) is 0 Å². The van der Waals surface area contributed by atoms with Crippen molar-refractivity contribution in [3.8, 4) is 17.0 Å². The van der Waals surface area contributed by atoms with Gasteiger partial charge in [-0.05, 0) is 36.4 Å². The predicted octanol–water partition coefficient (Wildman–Crippen LogP) is 3.21. The molecule has 0 aliphatic heterocycles. The van der Waals surface area contributed by atoms with Crippen molar-refractivity contribution in [2.24, 2.45) is 0 Å². The van der Waals surface area contributed by atoms with Gasteiger partial charge in [-0.3, -0.25) is 0 Å². The van der Waals surface area contributed by atoms with E-state index in [-0.39, 0.29) is 0 Å². The summed E-state index contributed by atoms with van der Waals surface area (Å²) >= 11 is 0. The van der Waals surface area contributed by atoms with Crippen LogP contribution in [0, 0.1) is 6.92 Å². The minimum Gasteiger partial charge on any atom is -0.497 e. The SMILES string of the molecule is COc1ccc(-c2ccc3oc(C)nc3n2)cc1. The summed E-state index contributed by atoms with van der Waals surface area (Å²) in [7, 11) is 1.65. The maximum absolute atomic E-state index is 5.40. The summed E-state index contributed by atoms with van der Waals surface area (Å²) in [4.78, 5) is 8.71. The molecule has 0 spiro atoms. The summed E-state index contributed by atoms with van der Waals surface area (Å²) in [5.41, 5.74) is 3.25. The number of hydrogen-bond acceptors (Lipinski definition) is 4. The summed E-state index contributed by atoms with van der Waals surface area (Å²) in [6.45, 7) is 1.81. The Balaban J connectivity index is 2.06. The molecule has 3 rings (SSSR count). The molecule has 0 aliphatic rings. The molecule has 0 bridgehead atoms. The second kappa shape index (κ2) is 4.14. The summed E-state index contributed by atoms with van der Waals surface area (Å²) in [6, 6.07) is 11.6. The molecule has 0 saturated heterocycles. The standard InChI is InChI=1S/C14H12N2O2/c1-9-15-14-13(18-9)8-7-12(16-14)10-3-5-11(17-2)6-4-10/h3-8H,1-2H3. The number of methoxy groups -OCH3 is 1. The van der Waals surface area contributed by atoms with Crippen LogP contribution in [0.2, 0.25) is 0 Å². The number of hydrogen-bond donors (Lipinski definition) is 0. The molecule has 0 aliphatic carbocycles. The number of benzene rings is 1. The summed E-state index contributed by atoms with van der Waals surface area (Å²) in [5.74, 6) is 1.46. The van der Waals surface area contributed by atoms with Crippen LogP contribution in [0.15, 0.2) is 40.8 Å². The minimum atomic E-state index is 0.629. The zero-order chi connectivity index (χ0) is 12.5. The smallest absolute Gasteiger partial charge is 0.199 e. The molecule has 4 nitrogen and oxygen atoms in total. The van der Waals surface area contributed by atoms with Gasteiger partial charge in [0.15, 0.2) is 17.1 Å². The quantitative estimate of drug-likeness (QED) is 0.690. The first-order valence-electron chi connectivity index (χ1n) is 5.65. The fourth-order valence-electron chi connectivity index (χ4n) is 1.85. The predicted molar refractivity (Wildman–Crippen MR) is 68.5 cm³/mol. The van der Waals surface area contributed by atoms with Crippen molar-refractivity contribution in [1.29, 1.82) is 0 Å². The number of nitrogens with zero attached hydrogens (tertiary/aromatic N) is 2. The zero-order valence-electron chi connectivity index (χ0n) is 10.2. The second-order valence-corrected chi connectivity index (χ2v) is 3.98. The van der Waals surface area contributed by atoms with Crippen molar-refractivity contribution >= 4 is 11.2 Å². The molecule has 4 heteroatoms. The van der Waals surface area contributed by atoms with Crippen LogP contribution in [0.1, 0.15) is 5.89 Å². The molecule has 0 N–H and O–H groups in total. The number of aryl methyl sites for hydroxylation is 1. The van der Waals surface area contributed by atoms with Crippen LogP contribution < -0.4 is 4.74 Å². The fraction of sp³-hybridized carbons (Fsp3) is 0.143. The maximum Gasteiger partial charge on any atom is 0.199 e. The van der Waals surface area contributed by atoms with Crippen molar-refractivity contribution < 1.29 is 9.15 Å². The number of aromatic nitrogens is 2. The molecule has 0 saturated carbocycles. The Bertz CT molecular complexity index is 687. The van der Waals surface area contributed by atoms with Crippen LogP contribution >= 0.6 is 0 Å². The summed E-state index contributed by atoms with van der Waals surface area (Å²) in [5, 5.41) is 0. The van der Waals surface area contributed by atoms with E-state index < -0.39 is 0 Å².